The molecule has 0 aromatic heterocycles. The molecule has 1 saturated carbocycles. The van der Waals surface area contributed by atoms with Crippen LogP contribution in [0.15, 0.2) is 24.3 Å². The van der Waals surface area contributed by atoms with E-state index in [-0.39, 0.29) is 11.9 Å². The molecule has 7 heteroatoms. The van der Waals surface area contributed by atoms with Crippen molar-refractivity contribution in [1.29, 1.82) is 0 Å². The number of anilines is 1. The topological polar surface area (TPSA) is 64.7 Å². The highest BCUT2D eigenvalue weighted by Gasteiger charge is 2.22. The Labute approximate surface area is 153 Å². The normalized spacial score (nSPS) is 18.7. The Hall–Kier alpha value is -2.15. The van der Waals surface area contributed by atoms with Gasteiger partial charge < -0.3 is 15.5 Å². The lowest BCUT2D eigenvalue weighted by Gasteiger charge is -2.36. The molecule has 0 radical (unpaired) electrons. The van der Waals surface area contributed by atoms with E-state index in [9.17, 15) is 14.0 Å². The first kappa shape index (κ1) is 18.6. The van der Waals surface area contributed by atoms with Gasteiger partial charge in [-0.05, 0) is 25.0 Å². The number of hydrogen-bond acceptors (Lipinski definition) is 4. The first-order chi connectivity index (χ1) is 12.6. The highest BCUT2D eigenvalue weighted by atomic mass is 19.1. The molecule has 1 saturated heterocycles. The van der Waals surface area contributed by atoms with Crippen molar-refractivity contribution < 1.29 is 14.0 Å². The van der Waals surface area contributed by atoms with E-state index in [1.807, 2.05) is 11.0 Å². The van der Waals surface area contributed by atoms with Gasteiger partial charge in [0.2, 0.25) is 0 Å². The highest BCUT2D eigenvalue weighted by Crippen LogP contribution is 2.20. The van der Waals surface area contributed by atoms with Crippen molar-refractivity contribution in [2.24, 2.45) is 0 Å². The first-order valence-corrected chi connectivity index (χ1v) is 9.44. The second-order valence-corrected chi connectivity index (χ2v) is 6.99. The molecule has 2 N–H and O–H groups in total. The van der Waals surface area contributed by atoms with Crippen LogP contribution in [0.5, 0.6) is 0 Å². The summed E-state index contributed by atoms with van der Waals surface area (Å²) in [5.74, 6) is -1.27. The largest absolute Gasteiger partial charge is 0.367 e. The number of amides is 2. The van der Waals surface area contributed by atoms with Crippen LogP contribution in [0.4, 0.5) is 10.1 Å². The van der Waals surface area contributed by atoms with Crippen LogP contribution in [0, 0.1) is 5.82 Å². The average Bonchev–Trinajstić information content (AvgIpc) is 3.16. The first-order valence-electron chi connectivity index (χ1n) is 9.44. The Morgan fingerprint density at radius 3 is 2.42 bits per heavy atom. The van der Waals surface area contributed by atoms with Crippen molar-refractivity contribution in [3.63, 3.8) is 0 Å². The average molecular weight is 362 g/mol. The molecule has 0 spiro atoms. The third-order valence-corrected chi connectivity index (χ3v) is 5.18. The van der Waals surface area contributed by atoms with Gasteiger partial charge in [-0.2, -0.15) is 0 Å². The number of hydrogen-bond donors (Lipinski definition) is 2. The number of carbonyl (C=O) groups excluding carboxylic acids is 2. The molecule has 1 aromatic carbocycles. The molecule has 0 bridgehead atoms. The van der Waals surface area contributed by atoms with Crippen molar-refractivity contribution >= 4 is 17.5 Å². The van der Waals surface area contributed by atoms with Crippen molar-refractivity contribution in [3.05, 3.63) is 30.1 Å². The van der Waals surface area contributed by atoms with Gasteiger partial charge in [0.15, 0.2) is 0 Å². The molecule has 1 heterocycles. The fourth-order valence-corrected chi connectivity index (χ4v) is 3.65. The maximum Gasteiger partial charge on any atom is 0.309 e. The Balaban J connectivity index is 1.34. The van der Waals surface area contributed by atoms with Crippen LogP contribution in [-0.4, -0.2) is 62.0 Å². The summed E-state index contributed by atoms with van der Waals surface area (Å²) in [6, 6.07) is 6.97. The van der Waals surface area contributed by atoms with Crippen LogP contribution >= 0.6 is 0 Å². The van der Waals surface area contributed by atoms with Crippen molar-refractivity contribution in [3.8, 4) is 0 Å². The van der Waals surface area contributed by atoms with Gasteiger partial charge in [0.1, 0.15) is 5.82 Å². The van der Waals surface area contributed by atoms with E-state index in [1.165, 1.54) is 6.07 Å². The van der Waals surface area contributed by atoms with E-state index < -0.39 is 11.8 Å². The summed E-state index contributed by atoms with van der Waals surface area (Å²) in [6.07, 6.45) is 4.16. The maximum atomic E-state index is 13.8. The minimum absolute atomic E-state index is 0.153. The fourth-order valence-electron chi connectivity index (χ4n) is 3.65. The van der Waals surface area contributed by atoms with Crippen LogP contribution < -0.4 is 15.5 Å². The molecule has 0 atom stereocenters. The van der Waals surface area contributed by atoms with E-state index in [0.717, 1.165) is 51.9 Å². The molecule has 3 rings (SSSR count). The summed E-state index contributed by atoms with van der Waals surface area (Å²) in [5.41, 5.74) is 0.643. The summed E-state index contributed by atoms with van der Waals surface area (Å²) in [6.45, 7) is 4.23. The zero-order chi connectivity index (χ0) is 18.4. The Kier molecular flexibility index (Phi) is 6.44. The van der Waals surface area contributed by atoms with Crippen molar-refractivity contribution in [1.82, 2.24) is 15.5 Å². The number of benzene rings is 1. The number of para-hydroxylation sites is 1. The molecule has 2 amide bonds. The van der Waals surface area contributed by atoms with Crippen molar-refractivity contribution in [2.75, 3.05) is 44.2 Å². The molecular formula is C19H27FN4O2. The number of nitrogens with zero attached hydrogens (tertiary/aromatic N) is 2. The van der Waals surface area contributed by atoms with Gasteiger partial charge >= 0.3 is 11.8 Å². The maximum absolute atomic E-state index is 13.8. The van der Waals surface area contributed by atoms with E-state index in [0.29, 0.717) is 18.8 Å². The molecule has 1 aromatic rings. The van der Waals surface area contributed by atoms with Gasteiger partial charge in [0, 0.05) is 45.3 Å². The lowest BCUT2D eigenvalue weighted by Crippen LogP contribution is -2.50. The second kappa shape index (κ2) is 8.98. The quantitative estimate of drug-likeness (QED) is 0.771. The predicted octanol–water partition coefficient (Wildman–Crippen LogP) is 1.12. The molecule has 26 heavy (non-hydrogen) atoms. The number of halogens is 1. The fraction of sp³-hybridized carbons (Fsp3) is 0.579. The highest BCUT2D eigenvalue weighted by molar-refractivity contribution is 6.35. The lowest BCUT2D eigenvalue weighted by atomic mass is 10.2. The minimum atomic E-state index is -0.554. The number of rotatable bonds is 5. The Morgan fingerprint density at radius 1 is 1.04 bits per heavy atom. The molecule has 0 unspecified atom stereocenters. The van der Waals surface area contributed by atoms with E-state index in [2.05, 4.69) is 15.5 Å². The summed E-state index contributed by atoms with van der Waals surface area (Å²) in [7, 11) is 0. The predicted molar refractivity (Wildman–Crippen MR) is 98.5 cm³/mol. The summed E-state index contributed by atoms with van der Waals surface area (Å²) < 4.78 is 13.8. The summed E-state index contributed by atoms with van der Waals surface area (Å²) in [4.78, 5) is 27.9. The number of carbonyl (C=O) groups is 2. The Morgan fingerprint density at radius 2 is 1.73 bits per heavy atom. The molecule has 142 valence electrons. The molecular weight excluding hydrogens is 335 g/mol. The minimum Gasteiger partial charge on any atom is -0.367 e. The summed E-state index contributed by atoms with van der Waals surface area (Å²) in [5, 5.41) is 5.48. The Bertz CT molecular complexity index is 626. The second-order valence-electron chi connectivity index (χ2n) is 6.99. The van der Waals surface area contributed by atoms with E-state index in [4.69, 9.17) is 0 Å². The van der Waals surface area contributed by atoms with Crippen LogP contribution in [0.3, 0.4) is 0 Å². The molecule has 2 fully saturated rings. The number of nitrogens with one attached hydrogen (secondary N) is 2. The van der Waals surface area contributed by atoms with E-state index >= 15 is 0 Å². The third kappa shape index (κ3) is 4.94. The zero-order valence-corrected chi connectivity index (χ0v) is 15.0. The SMILES string of the molecule is O=C(NCCN1CCN(c2ccccc2F)CC1)C(=O)NC1CCCC1. The molecule has 2 aliphatic rings. The lowest BCUT2D eigenvalue weighted by molar-refractivity contribution is -0.139. The third-order valence-electron chi connectivity index (χ3n) is 5.18. The van der Waals surface area contributed by atoms with Crippen LogP contribution in [0.25, 0.3) is 0 Å². The van der Waals surface area contributed by atoms with E-state index in [1.54, 1.807) is 12.1 Å². The van der Waals surface area contributed by atoms with Gasteiger partial charge in [0.05, 0.1) is 5.69 Å². The van der Waals surface area contributed by atoms with Gasteiger partial charge in [-0.3, -0.25) is 14.5 Å². The zero-order valence-electron chi connectivity index (χ0n) is 15.0. The monoisotopic (exact) mass is 362 g/mol. The van der Waals surface area contributed by atoms with Crippen LogP contribution in [-0.2, 0) is 9.59 Å². The smallest absolute Gasteiger partial charge is 0.309 e. The van der Waals surface area contributed by atoms with Crippen LogP contribution in [0.2, 0.25) is 0 Å². The summed E-state index contributed by atoms with van der Waals surface area (Å²) >= 11 is 0. The van der Waals surface area contributed by atoms with Gasteiger partial charge in [-0.1, -0.05) is 25.0 Å². The molecule has 6 nitrogen and oxygen atoms in total. The van der Waals surface area contributed by atoms with Crippen molar-refractivity contribution in [2.45, 2.75) is 31.7 Å². The molecule has 1 aliphatic carbocycles. The van der Waals surface area contributed by atoms with Gasteiger partial charge in [0.25, 0.3) is 0 Å². The van der Waals surface area contributed by atoms with Gasteiger partial charge in [-0.25, -0.2) is 4.39 Å². The standard InChI is InChI=1S/C19H27FN4O2/c20-16-7-3-4-8-17(16)24-13-11-23(12-14-24)10-9-21-18(25)19(26)22-15-5-1-2-6-15/h3-4,7-8,15H,1-2,5-6,9-14H2,(H,21,25)(H,22,26). The number of piperazine rings is 1. The molecule has 1 aliphatic heterocycles. The van der Waals surface area contributed by atoms with Crippen LogP contribution in [0.1, 0.15) is 25.7 Å². The van der Waals surface area contributed by atoms with Gasteiger partial charge in [-0.15, -0.1) is 0 Å².